The van der Waals surface area contributed by atoms with Gasteiger partial charge < -0.3 is 10.1 Å². The van der Waals surface area contributed by atoms with Gasteiger partial charge in [-0.3, -0.25) is 0 Å². The average Bonchev–Trinajstić information content (AvgIpc) is 2.91. The van der Waals surface area contributed by atoms with E-state index < -0.39 is 0 Å². The molecule has 21 heavy (non-hydrogen) atoms. The van der Waals surface area contributed by atoms with Crippen LogP contribution in [0.2, 0.25) is 5.02 Å². The number of hydrogen-bond acceptors (Lipinski definition) is 3. The maximum atomic E-state index is 6.30. The predicted molar refractivity (Wildman–Crippen MR) is 92.7 cm³/mol. The molecule has 4 heteroatoms. The lowest BCUT2D eigenvalue weighted by atomic mass is 10.0. The van der Waals surface area contributed by atoms with Gasteiger partial charge in [-0.15, -0.1) is 11.3 Å². The topological polar surface area (TPSA) is 21.3 Å². The Balaban J connectivity index is 2.16. The third-order valence-corrected chi connectivity index (χ3v) is 4.38. The van der Waals surface area contributed by atoms with Crippen molar-refractivity contribution in [1.82, 2.24) is 0 Å². The number of ether oxygens (including phenoxy) is 1. The smallest absolute Gasteiger partial charge is 0.138 e. The molecule has 0 saturated carbocycles. The molecule has 0 fully saturated rings. The van der Waals surface area contributed by atoms with E-state index in [2.05, 4.69) is 36.7 Å². The van der Waals surface area contributed by atoms with Gasteiger partial charge in [0.1, 0.15) is 5.75 Å². The molecule has 1 aromatic heterocycles. The normalized spacial score (nSPS) is 12.7. The van der Waals surface area contributed by atoms with Crippen LogP contribution in [0.3, 0.4) is 0 Å². The van der Waals surface area contributed by atoms with Gasteiger partial charge in [0, 0.05) is 10.6 Å². The summed E-state index contributed by atoms with van der Waals surface area (Å²) in [7, 11) is 0. The second-order valence-electron chi connectivity index (χ2n) is 5.69. The molecule has 0 aliphatic heterocycles. The molecule has 1 unspecified atom stereocenters. The summed E-state index contributed by atoms with van der Waals surface area (Å²) >= 11 is 8.07. The Morgan fingerprint density at radius 2 is 1.90 bits per heavy atom. The standard InChI is InChI=1S/C17H22ClNOS/c1-11(2)17(16-6-5-9-21-16)19-13-7-8-15(14(18)10-13)20-12(3)4/h5-12,17,19H,1-4H3. The number of nitrogens with one attached hydrogen (secondary N) is 1. The molecule has 1 heterocycles. The Morgan fingerprint density at radius 1 is 1.14 bits per heavy atom. The summed E-state index contributed by atoms with van der Waals surface area (Å²) in [6.07, 6.45) is 0.121. The van der Waals surface area contributed by atoms with E-state index in [0.717, 1.165) is 11.4 Å². The summed E-state index contributed by atoms with van der Waals surface area (Å²) in [5.74, 6) is 1.23. The highest BCUT2D eigenvalue weighted by atomic mass is 35.5. The van der Waals surface area contributed by atoms with Crippen molar-refractivity contribution >= 4 is 28.6 Å². The fourth-order valence-electron chi connectivity index (χ4n) is 2.15. The molecule has 1 N–H and O–H groups in total. The predicted octanol–water partition coefficient (Wildman–Crippen LogP) is 6.00. The van der Waals surface area contributed by atoms with Gasteiger partial charge in [0.25, 0.3) is 0 Å². The molecule has 1 aromatic carbocycles. The number of anilines is 1. The highest BCUT2D eigenvalue weighted by Crippen LogP contribution is 2.33. The summed E-state index contributed by atoms with van der Waals surface area (Å²) in [5.41, 5.74) is 1.02. The maximum absolute atomic E-state index is 6.30. The van der Waals surface area contributed by atoms with Gasteiger partial charge in [-0.2, -0.15) is 0 Å². The second-order valence-corrected chi connectivity index (χ2v) is 7.08. The van der Waals surface area contributed by atoms with Crippen LogP contribution < -0.4 is 10.1 Å². The molecule has 1 atom stereocenters. The fraction of sp³-hybridized carbons (Fsp3) is 0.412. The third kappa shape index (κ3) is 4.39. The van der Waals surface area contributed by atoms with Crippen LogP contribution in [0.15, 0.2) is 35.7 Å². The summed E-state index contributed by atoms with van der Waals surface area (Å²) in [4.78, 5) is 1.34. The van der Waals surface area contributed by atoms with E-state index in [-0.39, 0.29) is 12.1 Å². The minimum Gasteiger partial charge on any atom is -0.489 e. The summed E-state index contributed by atoms with van der Waals surface area (Å²) < 4.78 is 5.67. The molecule has 0 aliphatic carbocycles. The summed E-state index contributed by atoms with van der Waals surface area (Å²) in [6.45, 7) is 8.42. The average molecular weight is 324 g/mol. The Kier molecular flexibility index (Phi) is 5.54. The number of benzene rings is 1. The van der Waals surface area contributed by atoms with Crippen LogP contribution in [0.1, 0.15) is 38.6 Å². The van der Waals surface area contributed by atoms with Crippen molar-refractivity contribution in [1.29, 1.82) is 0 Å². The summed E-state index contributed by atoms with van der Waals surface area (Å²) in [6, 6.07) is 10.4. The molecule has 2 aromatic rings. The molecule has 2 rings (SSSR count). The Bertz CT molecular complexity index is 566. The lowest BCUT2D eigenvalue weighted by molar-refractivity contribution is 0.242. The zero-order chi connectivity index (χ0) is 15.4. The quantitative estimate of drug-likeness (QED) is 0.704. The van der Waals surface area contributed by atoms with E-state index >= 15 is 0 Å². The maximum Gasteiger partial charge on any atom is 0.138 e. The molecule has 0 amide bonds. The highest BCUT2D eigenvalue weighted by Gasteiger charge is 2.17. The largest absolute Gasteiger partial charge is 0.489 e. The zero-order valence-corrected chi connectivity index (χ0v) is 14.5. The minimum atomic E-state index is 0.121. The lowest BCUT2D eigenvalue weighted by Gasteiger charge is -2.23. The molecule has 0 saturated heterocycles. The van der Waals surface area contributed by atoms with Crippen LogP contribution in [0.25, 0.3) is 0 Å². The third-order valence-electron chi connectivity index (χ3n) is 3.13. The van der Waals surface area contributed by atoms with Crippen molar-refractivity contribution in [3.05, 3.63) is 45.6 Å². The van der Waals surface area contributed by atoms with Gasteiger partial charge >= 0.3 is 0 Å². The van der Waals surface area contributed by atoms with Crippen molar-refractivity contribution in [2.75, 3.05) is 5.32 Å². The first kappa shape index (κ1) is 16.2. The van der Waals surface area contributed by atoms with E-state index in [4.69, 9.17) is 16.3 Å². The molecule has 2 nitrogen and oxygen atoms in total. The van der Waals surface area contributed by atoms with Crippen LogP contribution in [0.5, 0.6) is 5.75 Å². The van der Waals surface area contributed by atoms with Crippen LogP contribution >= 0.6 is 22.9 Å². The van der Waals surface area contributed by atoms with E-state index in [1.54, 1.807) is 11.3 Å². The molecule has 0 radical (unpaired) electrons. The van der Waals surface area contributed by atoms with Gasteiger partial charge in [-0.25, -0.2) is 0 Å². The fourth-order valence-corrected chi connectivity index (χ4v) is 3.33. The number of halogens is 1. The first-order valence-corrected chi connectivity index (χ1v) is 8.49. The van der Waals surface area contributed by atoms with Crippen molar-refractivity contribution in [3.8, 4) is 5.75 Å². The Hall–Kier alpha value is -1.19. The zero-order valence-electron chi connectivity index (χ0n) is 12.9. The molecular weight excluding hydrogens is 302 g/mol. The van der Waals surface area contributed by atoms with Gasteiger partial charge in [-0.05, 0) is 49.4 Å². The van der Waals surface area contributed by atoms with E-state index in [1.165, 1.54) is 4.88 Å². The number of thiophene rings is 1. The van der Waals surface area contributed by atoms with Gasteiger partial charge in [0.05, 0.1) is 17.2 Å². The van der Waals surface area contributed by atoms with Crippen LogP contribution in [0.4, 0.5) is 5.69 Å². The monoisotopic (exact) mass is 323 g/mol. The molecule has 0 aliphatic rings. The number of hydrogen-bond donors (Lipinski definition) is 1. The van der Waals surface area contributed by atoms with Gasteiger partial charge in [0.15, 0.2) is 0 Å². The lowest BCUT2D eigenvalue weighted by Crippen LogP contribution is -2.15. The molecule has 0 bridgehead atoms. The Labute approximate surface area is 136 Å². The first-order chi connectivity index (χ1) is 9.97. The minimum absolute atomic E-state index is 0.121. The molecule has 114 valence electrons. The van der Waals surface area contributed by atoms with Crippen LogP contribution in [0, 0.1) is 5.92 Å². The van der Waals surface area contributed by atoms with Crippen LogP contribution in [-0.2, 0) is 0 Å². The van der Waals surface area contributed by atoms with Crippen LogP contribution in [-0.4, -0.2) is 6.10 Å². The Morgan fingerprint density at radius 3 is 2.43 bits per heavy atom. The first-order valence-electron chi connectivity index (χ1n) is 7.23. The summed E-state index contributed by atoms with van der Waals surface area (Å²) in [5, 5.41) is 6.32. The van der Waals surface area contributed by atoms with E-state index in [9.17, 15) is 0 Å². The van der Waals surface area contributed by atoms with Crippen molar-refractivity contribution in [3.63, 3.8) is 0 Å². The SMILES string of the molecule is CC(C)Oc1ccc(NC(c2cccs2)C(C)C)cc1Cl. The van der Waals surface area contributed by atoms with Gasteiger partial charge in [-0.1, -0.05) is 31.5 Å². The van der Waals surface area contributed by atoms with Crippen molar-refractivity contribution < 1.29 is 4.74 Å². The van der Waals surface area contributed by atoms with E-state index in [0.29, 0.717) is 10.9 Å². The van der Waals surface area contributed by atoms with Crippen molar-refractivity contribution in [2.45, 2.75) is 39.8 Å². The molecule has 0 spiro atoms. The van der Waals surface area contributed by atoms with Gasteiger partial charge in [0.2, 0.25) is 0 Å². The van der Waals surface area contributed by atoms with Crippen molar-refractivity contribution in [2.24, 2.45) is 5.92 Å². The molecular formula is C17H22ClNOS. The highest BCUT2D eigenvalue weighted by molar-refractivity contribution is 7.10. The second kappa shape index (κ2) is 7.19. The number of rotatable bonds is 6. The van der Waals surface area contributed by atoms with E-state index in [1.807, 2.05) is 32.0 Å².